The molecule has 0 saturated heterocycles. The van der Waals surface area contributed by atoms with Crippen LogP contribution in [0.3, 0.4) is 0 Å². The lowest BCUT2D eigenvalue weighted by Crippen LogP contribution is -2.05. The van der Waals surface area contributed by atoms with Crippen LogP contribution >= 0.6 is 23.2 Å². The van der Waals surface area contributed by atoms with E-state index in [0.717, 1.165) is 12.1 Å². The number of nitrogens with zero attached hydrogens (tertiary/aromatic N) is 1. The van der Waals surface area contributed by atoms with Crippen LogP contribution in [0.4, 0.5) is 20.3 Å². The number of halogens is 4. The van der Waals surface area contributed by atoms with Gasteiger partial charge in [0.25, 0.3) is 0 Å². The van der Waals surface area contributed by atoms with Gasteiger partial charge in [0, 0.05) is 12.0 Å². The van der Waals surface area contributed by atoms with E-state index in [1.807, 2.05) is 0 Å². The van der Waals surface area contributed by atoms with Crippen LogP contribution in [0.25, 0.3) is 0 Å². The maximum atomic E-state index is 13.7. The van der Waals surface area contributed by atoms with E-state index in [-0.39, 0.29) is 33.7 Å². The van der Waals surface area contributed by atoms with E-state index in [0.29, 0.717) is 5.56 Å². The molecule has 0 aliphatic carbocycles. The average molecular weight is 304 g/mol. The van der Waals surface area contributed by atoms with Crippen LogP contribution in [-0.4, -0.2) is 4.98 Å². The van der Waals surface area contributed by atoms with E-state index >= 15 is 0 Å². The van der Waals surface area contributed by atoms with Crippen molar-refractivity contribution < 1.29 is 8.78 Å². The molecule has 0 amide bonds. The minimum Gasteiger partial charge on any atom is -0.396 e. The van der Waals surface area contributed by atoms with Gasteiger partial charge in [0.05, 0.1) is 10.7 Å². The Morgan fingerprint density at radius 2 is 1.74 bits per heavy atom. The maximum Gasteiger partial charge on any atom is 0.148 e. The number of hydrogen-bond acceptors (Lipinski definition) is 3. The molecule has 7 heteroatoms. The highest BCUT2D eigenvalue weighted by Crippen LogP contribution is 2.29. The Kier molecular flexibility index (Phi) is 3.78. The van der Waals surface area contributed by atoms with Crippen molar-refractivity contribution >= 4 is 34.7 Å². The van der Waals surface area contributed by atoms with E-state index < -0.39 is 11.6 Å². The molecule has 19 heavy (non-hydrogen) atoms. The third-order valence-electron chi connectivity index (χ3n) is 2.65. The minimum atomic E-state index is -0.704. The molecule has 0 atom stereocenters. The summed E-state index contributed by atoms with van der Waals surface area (Å²) in [6.45, 7) is 0. The standard InChI is InChI=1S/C12H9Cl2F2N3/c13-9-4-5(11(17)12(18)19-9)3-6-7(15)1-2-8(16)10(6)14/h1-2,4H,3,17H2,(H2,18,19). The summed E-state index contributed by atoms with van der Waals surface area (Å²) in [6, 6.07) is 3.39. The molecule has 4 N–H and O–H groups in total. The third-order valence-corrected chi connectivity index (χ3v) is 3.25. The fourth-order valence-electron chi connectivity index (χ4n) is 1.66. The Labute approximate surface area is 118 Å². The first kappa shape index (κ1) is 13.8. The maximum absolute atomic E-state index is 13.7. The molecule has 1 heterocycles. The SMILES string of the molecule is Nc1nc(Cl)cc(Cc2c(F)ccc(F)c2Cl)c1N. The van der Waals surface area contributed by atoms with Gasteiger partial charge in [-0.3, -0.25) is 0 Å². The Bertz CT molecular complexity index is 647. The van der Waals surface area contributed by atoms with Crippen molar-refractivity contribution in [1.29, 1.82) is 0 Å². The molecule has 0 spiro atoms. The highest BCUT2D eigenvalue weighted by Gasteiger charge is 2.15. The molecule has 1 aromatic heterocycles. The number of rotatable bonds is 2. The molecule has 1 aromatic carbocycles. The monoisotopic (exact) mass is 303 g/mol. The summed E-state index contributed by atoms with van der Waals surface area (Å²) in [5.41, 5.74) is 11.9. The topological polar surface area (TPSA) is 64.9 Å². The van der Waals surface area contributed by atoms with Gasteiger partial charge < -0.3 is 11.5 Å². The first-order chi connectivity index (χ1) is 8.90. The van der Waals surface area contributed by atoms with Crippen LogP contribution in [0.2, 0.25) is 10.2 Å². The third kappa shape index (κ3) is 2.72. The van der Waals surface area contributed by atoms with E-state index in [4.69, 9.17) is 34.7 Å². The lowest BCUT2D eigenvalue weighted by Gasteiger charge is -2.11. The van der Waals surface area contributed by atoms with Gasteiger partial charge >= 0.3 is 0 Å². The van der Waals surface area contributed by atoms with Crippen molar-refractivity contribution in [1.82, 2.24) is 4.98 Å². The molecule has 0 bridgehead atoms. The predicted molar refractivity (Wildman–Crippen MR) is 72.2 cm³/mol. The number of benzene rings is 1. The molecule has 0 aliphatic heterocycles. The van der Waals surface area contributed by atoms with Crippen molar-refractivity contribution in [3.8, 4) is 0 Å². The lowest BCUT2D eigenvalue weighted by atomic mass is 10.0. The average Bonchev–Trinajstić information content (AvgIpc) is 2.35. The first-order valence-electron chi connectivity index (χ1n) is 5.23. The van der Waals surface area contributed by atoms with Crippen LogP contribution in [0.1, 0.15) is 11.1 Å². The van der Waals surface area contributed by atoms with E-state index in [2.05, 4.69) is 4.98 Å². The second kappa shape index (κ2) is 5.19. The number of anilines is 2. The zero-order valence-corrected chi connectivity index (χ0v) is 11.1. The van der Waals surface area contributed by atoms with Crippen LogP contribution in [0.15, 0.2) is 18.2 Å². The molecule has 0 unspecified atom stereocenters. The van der Waals surface area contributed by atoms with Crippen LogP contribution in [0, 0.1) is 11.6 Å². The van der Waals surface area contributed by atoms with Gasteiger partial charge in [-0.2, -0.15) is 0 Å². The smallest absolute Gasteiger partial charge is 0.148 e. The fourth-order valence-corrected chi connectivity index (χ4v) is 2.10. The van der Waals surface area contributed by atoms with Gasteiger partial charge in [0.2, 0.25) is 0 Å². The summed E-state index contributed by atoms with van der Waals surface area (Å²) in [4.78, 5) is 3.76. The van der Waals surface area contributed by atoms with Crippen LogP contribution in [0.5, 0.6) is 0 Å². The molecular weight excluding hydrogens is 295 g/mol. The lowest BCUT2D eigenvalue weighted by molar-refractivity contribution is 0.589. The van der Waals surface area contributed by atoms with Gasteiger partial charge in [-0.25, -0.2) is 13.8 Å². The number of hydrogen-bond donors (Lipinski definition) is 2. The summed E-state index contributed by atoms with van der Waals surface area (Å²) < 4.78 is 27.0. The molecule has 0 saturated carbocycles. The molecule has 0 aliphatic rings. The second-order valence-corrected chi connectivity index (χ2v) is 4.67. The van der Waals surface area contributed by atoms with Crippen molar-refractivity contribution in [2.45, 2.75) is 6.42 Å². The van der Waals surface area contributed by atoms with Crippen LogP contribution < -0.4 is 11.5 Å². The largest absolute Gasteiger partial charge is 0.396 e. The number of nitrogens with two attached hydrogens (primary N) is 2. The molecule has 0 radical (unpaired) electrons. The zero-order valence-electron chi connectivity index (χ0n) is 9.55. The fraction of sp³-hybridized carbons (Fsp3) is 0.0833. The van der Waals surface area contributed by atoms with Gasteiger partial charge in [-0.1, -0.05) is 23.2 Å². The van der Waals surface area contributed by atoms with Crippen LogP contribution in [-0.2, 0) is 6.42 Å². The number of aromatic nitrogens is 1. The molecule has 0 fully saturated rings. The Morgan fingerprint density at radius 1 is 1.11 bits per heavy atom. The summed E-state index contributed by atoms with van der Waals surface area (Å²) in [6.07, 6.45) is -0.0271. The van der Waals surface area contributed by atoms with Gasteiger partial charge in [0.15, 0.2) is 0 Å². The van der Waals surface area contributed by atoms with Gasteiger partial charge in [-0.05, 0) is 23.8 Å². The predicted octanol–water partition coefficient (Wildman–Crippen LogP) is 3.42. The molecule has 2 rings (SSSR count). The van der Waals surface area contributed by atoms with Crippen molar-refractivity contribution in [3.63, 3.8) is 0 Å². The minimum absolute atomic E-state index is 0.00460. The quantitative estimate of drug-likeness (QED) is 0.660. The second-order valence-electron chi connectivity index (χ2n) is 3.90. The number of nitrogen functional groups attached to an aromatic ring is 2. The summed E-state index contributed by atoms with van der Waals surface area (Å²) in [5.74, 6) is -1.29. The molecule has 2 aromatic rings. The Hall–Kier alpha value is -1.59. The van der Waals surface area contributed by atoms with Gasteiger partial charge in [0.1, 0.15) is 22.6 Å². The molecule has 100 valence electrons. The first-order valence-corrected chi connectivity index (χ1v) is 5.98. The Balaban J connectivity index is 2.51. The highest BCUT2D eigenvalue weighted by molar-refractivity contribution is 6.31. The van der Waals surface area contributed by atoms with Crippen molar-refractivity contribution in [2.24, 2.45) is 0 Å². The van der Waals surface area contributed by atoms with Crippen molar-refractivity contribution in [3.05, 3.63) is 51.1 Å². The normalized spacial score (nSPS) is 10.7. The highest BCUT2D eigenvalue weighted by atomic mass is 35.5. The molecule has 3 nitrogen and oxygen atoms in total. The summed E-state index contributed by atoms with van der Waals surface area (Å²) >= 11 is 11.5. The summed E-state index contributed by atoms with van der Waals surface area (Å²) in [7, 11) is 0. The van der Waals surface area contributed by atoms with Gasteiger partial charge in [-0.15, -0.1) is 0 Å². The molecular formula is C12H9Cl2F2N3. The Morgan fingerprint density at radius 3 is 2.42 bits per heavy atom. The van der Waals surface area contributed by atoms with E-state index in [9.17, 15) is 8.78 Å². The number of pyridine rings is 1. The van der Waals surface area contributed by atoms with Crippen molar-refractivity contribution in [2.75, 3.05) is 11.5 Å². The summed E-state index contributed by atoms with van der Waals surface area (Å²) in [5, 5.41) is -0.166. The zero-order chi connectivity index (χ0) is 14.2. The van der Waals surface area contributed by atoms with E-state index in [1.165, 1.54) is 6.07 Å². The van der Waals surface area contributed by atoms with E-state index in [1.54, 1.807) is 0 Å².